The Hall–Kier alpha value is -0.660. The second-order valence-corrected chi connectivity index (χ2v) is 5.59. The number of carbonyl (C=O) groups is 1. The maximum Gasteiger partial charge on any atom is 0.246 e. The number of hydrogen-bond acceptors (Lipinski definition) is 5. The number of nitrogens with two attached hydrogens (primary N) is 1. The molecule has 0 aliphatic heterocycles. The Labute approximate surface area is 90.1 Å². The first-order chi connectivity index (χ1) is 6.85. The zero-order valence-electron chi connectivity index (χ0n) is 9.02. The van der Waals surface area contributed by atoms with Crippen molar-refractivity contribution in [2.45, 2.75) is 13.0 Å². The van der Waals surface area contributed by atoms with Gasteiger partial charge in [-0.3, -0.25) is 4.79 Å². The minimum Gasteiger partial charge on any atom is -0.370 e. The third kappa shape index (κ3) is 9.64. The van der Waals surface area contributed by atoms with Crippen molar-refractivity contribution in [3.8, 4) is 0 Å². The second-order valence-electron chi connectivity index (χ2n) is 3.40. The third-order valence-electron chi connectivity index (χ3n) is 1.46. The average molecular weight is 238 g/mol. The predicted molar refractivity (Wildman–Crippen MR) is 57.2 cm³/mol. The monoisotopic (exact) mass is 238 g/mol. The Morgan fingerprint density at radius 1 is 1.53 bits per heavy atom. The number of ether oxygens (including phenoxy) is 1. The van der Waals surface area contributed by atoms with E-state index in [1.165, 1.54) is 0 Å². The predicted octanol–water partition coefficient (Wildman–Crippen LogP) is -1.49. The van der Waals surface area contributed by atoms with Crippen LogP contribution < -0.4 is 11.1 Å². The van der Waals surface area contributed by atoms with Crippen LogP contribution in [0.15, 0.2) is 0 Å². The molecule has 0 heterocycles. The van der Waals surface area contributed by atoms with Crippen molar-refractivity contribution in [3.63, 3.8) is 0 Å². The lowest BCUT2D eigenvalue weighted by Gasteiger charge is -2.12. The summed E-state index contributed by atoms with van der Waals surface area (Å²) < 4.78 is 26.7. The largest absolute Gasteiger partial charge is 0.370 e. The molecule has 0 aliphatic carbocycles. The van der Waals surface area contributed by atoms with Crippen molar-refractivity contribution in [1.82, 2.24) is 5.32 Å². The number of nitrogens with one attached hydrogen (secondary N) is 1. The molecule has 0 saturated carbocycles. The van der Waals surface area contributed by atoms with Gasteiger partial charge < -0.3 is 15.8 Å². The highest BCUT2D eigenvalue weighted by molar-refractivity contribution is 7.90. The van der Waals surface area contributed by atoms with Crippen LogP contribution in [0.2, 0.25) is 0 Å². The van der Waals surface area contributed by atoms with Crippen LogP contribution in [0.5, 0.6) is 0 Å². The van der Waals surface area contributed by atoms with Gasteiger partial charge in [0.1, 0.15) is 16.4 Å². The van der Waals surface area contributed by atoms with E-state index < -0.39 is 15.9 Å². The van der Waals surface area contributed by atoms with E-state index in [2.05, 4.69) is 5.32 Å². The molecule has 0 aromatic carbocycles. The van der Waals surface area contributed by atoms with Crippen molar-refractivity contribution in [2.24, 2.45) is 5.73 Å². The van der Waals surface area contributed by atoms with Gasteiger partial charge in [-0.15, -0.1) is 0 Å². The smallest absolute Gasteiger partial charge is 0.246 e. The molecule has 15 heavy (non-hydrogen) atoms. The van der Waals surface area contributed by atoms with Gasteiger partial charge in [-0.05, 0) is 6.92 Å². The van der Waals surface area contributed by atoms with E-state index in [0.29, 0.717) is 13.2 Å². The Bertz CT molecular complexity index is 289. The van der Waals surface area contributed by atoms with Crippen LogP contribution in [0.25, 0.3) is 0 Å². The Kier molecular flexibility index (Phi) is 6.46. The van der Waals surface area contributed by atoms with E-state index in [-0.39, 0.29) is 18.3 Å². The Morgan fingerprint density at radius 2 is 2.13 bits per heavy atom. The minimum absolute atomic E-state index is 0.0738. The van der Waals surface area contributed by atoms with Crippen LogP contribution in [0.3, 0.4) is 0 Å². The van der Waals surface area contributed by atoms with Gasteiger partial charge in [0.2, 0.25) is 5.91 Å². The molecule has 6 nitrogen and oxygen atoms in total. The third-order valence-corrected chi connectivity index (χ3v) is 2.56. The lowest BCUT2D eigenvalue weighted by atomic mass is 10.4. The normalized spacial score (nSPS) is 13.5. The molecule has 1 atom stereocenters. The summed E-state index contributed by atoms with van der Waals surface area (Å²) in [4.78, 5) is 11.1. The highest BCUT2D eigenvalue weighted by Gasteiger charge is 2.12. The molecule has 0 saturated heterocycles. The lowest BCUT2D eigenvalue weighted by Crippen LogP contribution is -2.39. The van der Waals surface area contributed by atoms with Gasteiger partial charge in [-0.1, -0.05) is 0 Å². The van der Waals surface area contributed by atoms with Crippen LogP contribution in [0.1, 0.15) is 6.92 Å². The van der Waals surface area contributed by atoms with E-state index >= 15 is 0 Å². The summed E-state index contributed by atoms with van der Waals surface area (Å²) in [5.74, 6) is -0.407. The first kappa shape index (κ1) is 14.3. The average Bonchev–Trinajstić information content (AvgIpc) is 2.00. The van der Waals surface area contributed by atoms with Crippen molar-refractivity contribution in [3.05, 3.63) is 0 Å². The fourth-order valence-electron chi connectivity index (χ4n) is 1.06. The van der Waals surface area contributed by atoms with Crippen LogP contribution >= 0.6 is 0 Å². The van der Waals surface area contributed by atoms with E-state index in [4.69, 9.17) is 10.5 Å². The van der Waals surface area contributed by atoms with E-state index in [0.717, 1.165) is 6.26 Å². The SMILES string of the molecule is CC(CS(C)(=O)=O)NC(=O)COCCN. The summed E-state index contributed by atoms with van der Waals surface area (Å²) >= 11 is 0. The molecule has 0 bridgehead atoms. The van der Waals surface area contributed by atoms with E-state index in [1.54, 1.807) is 6.92 Å². The van der Waals surface area contributed by atoms with Gasteiger partial charge in [-0.25, -0.2) is 8.42 Å². The molecule has 0 aromatic rings. The first-order valence-electron chi connectivity index (χ1n) is 4.60. The summed E-state index contributed by atoms with van der Waals surface area (Å²) in [6.07, 6.45) is 1.13. The van der Waals surface area contributed by atoms with Crippen LogP contribution in [0, 0.1) is 0 Å². The second kappa shape index (κ2) is 6.76. The molecule has 1 unspecified atom stereocenters. The molecule has 90 valence electrons. The Balaban J connectivity index is 3.77. The van der Waals surface area contributed by atoms with Crippen molar-refractivity contribution >= 4 is 15.7 Å². The number of sulfone groups is 1. The molecule has 0 radical (unpaired) electrons. The number of rotatable bonds is 7. The molecule has 0 rings (SSSR count). The topological polar surface area (TPSA) is 98.5 Å². The van der Waals surface area contributed by atoms with Crippen molar-refractivity contribution in [2.75, 3.05) is 31.8 Å². The molecule has 0 aromatic heterocycles. The van der Waals surface area contributed by atoms with Crippen LogP contribution in [0.4, 0.5) is 0 Å². The molecule has 3 N–H and O–H groups in total. The zero-order chi connectivity index (χ0) is 11.9. The summed E-state index contributed by atoms with van der Waals surface area (Å²) in [7, 11) is -3.07. The fourth-order valence-corrected chi connectivity index (χ4v) is 2.05. The van der Waals surface area contributed by atoms with E-state index in [9.17, 15) is 13.2 Å². The van der Waals surface area contributed by atoms with Crippen molar-refractivity contribution < 1.29 is 17.9 Å². The van der Waals surface area contributed by atoms with Crippen LogP contribution in [-0.4, -0.2) is 52.1 Å². The fraction of sp³-hybridized carbons (Fsp3) is 0.875. The van der Waals surface area contributed by atoms with Gasteiger partial charge in [0.25, 0.3) is 0 Å². The first-order valence-corrected chi connectivity index (χ1v) is 6.66. The molecular formula is C8H18N2O4S. The highest BCUT2D eigenvalue weighted by atomic mass is 32.2. The highest BCUT2D eigenvalue weighted by Crippen LogP contribution is 1.90. The maximum absolute atomic E-state index is 11.1. The van der Waals surface area contributed by atoms with Gasteiger partial charge in [0, 0.05) is 18.8 Å². The number of hydrogen-bond donors (Lipinski definition) is 2. The molecule has 7 heteroatoms. The summed E-state index contributed by atoms with van der Waals surface area (Å²) in [6.45, 7) is 2.20. The van der Waals surface area contributed by atoms with Crippen molar-refractivity contribution in [1.29, 1.82) is 0 Å². The standard InChI is InChI=1S/C8H18N2O4S/c1-7(6-15(2,12)13)10-8(11)5-14-4-3-9/h7H,3-6,9H2,1-2H3,(H,10,11). The van der Waals surface area contributed by atoms with Gasteiger partial charge in [0.05, 0.1) is 12.4 Å². The quantitative estimate of drug-likeness (QED) is 0.527. The molecule has 1 amide bonds. The zero-order valence-corrected chi connectivity index (χ0v) is 9.84. The molecule has 0 fully saturated rings. The van der Waals surface area contributed by atoms with Gasteiger partial charge in [0.15, 0.2) is 0 Å². The van der Waals surface area contributed by atoms with Gasteiger partial charge >= 0.3 is 0 Å². The van der Waals surface area contributed by atoms with Gasteiger partial charge in [-0.2, -0.15) is 0 Å². The molecule has 0 spiro atoms. The molecule has 0 aliphatic rings. The number of carbonyl (C=O) groups excluding carboxylic acids is 1. The van der Waals surface area contributed by atoms with Crippen LogP contribution in [-0.2, 0) is 19.4 Å². The Morgan fingerprint density at radius 3 is 2.60 bits per heavy atom. The summed E-state index contributed by atoms with van der Waals surface area (Å²) in [5.41, 5.74) is 5.16. The minimum atomic E-state index is -3.07. The summed E-state index contributed by atoms with van der Waals surface area (Å²) in [5, 5.41) is 2.51. The maximum atomic E-state index is 11.1. The number of amides is 1. The lowest BCUT2D eigenvalue weighted by molar-refractivity contribution is -0.126. The van der Waals surface area contributed by atoms with E-state index in [1.807, 2.05) is 0 Å². The summed E-state index contributed by atoms with van der Waals surface area (Å²) in [6, 6.07) is -0.408. The molecular weight excluding hydrogens is 220 g/mol.